The molecule has 6 nitrogen and oxygen atoms in total. The molecule has 5 aromatic carbocycles. The van der Waals surface area contributed by atoms with Crippen LogP contribution in [0.3, 0.4) is 0 Å². The first-order chi connectivity index (χ1) is 25.9. The summed E-state index contributed by atoms with van der Waals surface area (Å²) in [6, 6.07) is 28.8. The van der Waals surface area contributed by atoms with Gasteiger partial charge in [-0.3, -0.25) is 0 Å². The maximum Gasteiger partial charge on any atom is 0.534 e. The summed E-state index contributed by atoms with van der Waals surface area (Å²) in [5, 5.41) is 0. The first-order valence-electron chi connectivity index (χ1n) is 16.8. The lowest BCUT2D eigenvalue weighted by Crippen LogP contribution is -2.28. The van der Waals surface area contributed by atoms with Gasteiger partial charge in [-0.25, -0.2) is 0 Å². The van der Waals surface area contributed by atoms with Crippen molar-refractivity contribution in [3.8, 4) is 58.5 Å². The summed E-state index contributed by atoms with van der Waals surface area (Å²) in [5.74, 6) is 21.0. The van der Waals surface area contributed by atoms with Gasteiger partial charge in [-0.15, -0.1) is 0 Å². The van der Waals surface area contributed by atoms with Crippen LogP contribution in [-0.2, 0) is 35.8 Å². The number of halogens is 3. The van der Waals surface area contributed by atoms with E-state index in [9.17, 15) is 21.6 Å². The molecule has 4 bridgehead atoms. The highest BCUT2D eigenvalue weighted by atomic mass is 32.2. The average Bonchev–Trinajstić information content (AvgIpc) is 3.17. The Morgan fingerprint density at radius 3 is 1.13 bits per heavy atom. The molecule has 4 aliphatic rings. The van der Waals surface area contributed by atoms with E-state index >= 15 is 0 Å². The minimum absolute atomic E-state index is 0.113. The topological polar surface area (TPSA) is 71.1 Å². The highest BCUT2D eigenvalue weighted by Crippen LogP contribution is 2.34. The van der Waals surface area contributed by atoms with Crippen molar-refractivity contribution in [2.24, 2.45) is 0 Å². The molecule has 0 atom stereocenters. The Kier molecular flexibility index (Phi) is 11.2. The molecule has 0 N–H and O–H groups in total. The van der Waals surface area contributed by atoms with Crippen LogP contribution in [-0.4, -0.2) is 35.3 Å². The zero-order chi connectivity index (χ0) is 38.3. The smallest absolute Gasteiger partial charge is 0.497 e. The summed E-state index contributed by atoms with van der Waals surface area (Å²) in [5.41, 5.74) is 1.03. The third-order valence-electron chi connectivity index (χ3n) is 8.72. The summed E-state index contributed by atoms with van der Waals surface area (Å²) in [4.78, 5) is 0. The maximum atomic E-state index is 13.6. The molecular weight excluding hydrogens is 714 g/mol. The molecular formula is C44H33F3O6S. The second kappa shape index (κ2) is 16.2. The minimum atomic E-state index is -5.95. The van der Waals surface area contributed by atoms with Gasteiger partial charge < -0.3 is 18.4 Å². The van der Waals surface area contributed by atoms with E-state index in [1.54, 1.807) is 51.7 Å². The van der Waals surface area contributed by atoms with Crippen LogP contribution in [0.15, 0.2) is 97.1 Å². The molecule has 0 aromatic heterocycles. The van der Waals surface area contributed by atoms with Crippen LogP contribution < -0.4 is 18.4 Å². The fourth-order valence-corrected chi connectivity index (χ4v) is 6.23. The van der Waals surface area contributed by atoms with Crippen LogP contribution in [0.1, 0.15) is 55.6 Å². The third-order valence-corrected chi connectivity index (χ3v) is 9.69. The van der Waals surface area contributed by atoms with Gasteiger partial charge in [-0.05, 0) is 145 Å². The van der Waals surface area contributed by atoms with E-state index < -0.39 is 21.4 Å². The van der Waals surface area contributed by atoms with E-state index in [1.165, 1.54) is 6.07 Å². The Morgan fingerprint density at radius 1 is 0.481 bits per heavy atom. The molecule has 54 heavy (non-hydrogen) atoms. The molecule has 0 heterocycles. The van der Waals surface area contributed by atoms with Crippen molar-refractivity contribution in [3.05, 3.63) is 153 Å². The Morgan fingerprint density at radius 2 is 0.796 bits per heavy atom. The number of methoxy groups -OCH3 is 3. The molecule has 0 aliphatic heterocycles. The molecule has 0 amide bonds. The first kappa shape index (κ1) is 37.5. The van der Waals surface area contributed by atoms with Crippen LogP contribution >= 0.6 is 0 Å². The summed E-state index contributed by atoms with van der Waals surface area (Å²) in [7, 11) is -1.21. The molecule has 0 radical (unpaired) electrons. The molecule has 0 spiro atoms. The monoisotopic (exact) mass is 746 g/mol. The van der Waals surface area contributed by atoms with Gasteiger partial charge in [0.15, 0.2) is 0 Å². The number of aryl methyl sites for hydroxylation is 4. The van der Waals surface area contributed by atoms with E-state index in [4.69, 9.17) is 18.4 Å². The van der Waals surface area contributed by atoms with Gasteiger partial charge in [-0.1, -0.05) is 35.5 Å². The van der Waals surface area contributed by atoms with Crippen LogP contribution in [0.25, 0.3) is 0 Å². The van der Waals surface area contributed by atoms with Gasteiger partial charge in [0.2, 0.25) is 0 Å². The summed E-state index contributed by atoms with van der Waals surface area (Å²) >= 11 is 0. The van der Waals surface area contributed by atoms with E-state index in [0.717, 1.165) is 33.4 Å². The Labute approximate surface area is 313 Å². The predicted octanol–water partition coefficient (Wildman–Crippen LogP) is 8.02. The maximum absolute atomic E-state index is 13.6. The van der Waals surface area contributed by atoms with Gasteiger partial charge in [0.25, 0.3) is 0 Å². The Balaban J connectivity index is 1.47. The second-order valence-corrected chi connectivity index (χ2v) is 13.7. The molecule has 272 valence electrons. The molecule has 0 saturated carbocycles. The Bertz CT molecular complexity index is 2470. The number of benzene rings is 5. The van der Waals surface area contributed by atoms with Crippen molar-refractivity contribution in [2.45, 2.75) is 31.2 Å². The normalized spacial score (nSPS) is 12.0. The van der Waals surface area contributed by atoms with Crippen molar-refractivity contribution in [1.82, 2.24) is 0 Å². The fraction of sp³-hybridized carbons (Fsp3) is 0.182. The van der Waals surface area contributed by atoms with E-state index in [0.29, 0.717) is 40.4 Å². The molecule has 0 fully saturated rings. The molecule has 0 saturated heterocycles. The van der Waals surface area contributed by atoms with E-state index in [2.05, 4.69) is 35.5 Å². The van der Waals surface area contributed by atoms with Crippen molar-refractivity contribution in [1.29, 1.82) is 0 Å². The van der Waals surface area contributed by atoms with E-state index in [-0.39, 0.29) is 24.8 Å². The van der Waals surface area contributed by atoms with Gasteiger partial charge in [0.05, 0.1) is 21.3 Å². The molecule has 5 aromatic rings. The average molecular weight is 747 g/mol. The van der Waals surface area contributed by atoms with Gasteiger partial charge in [0.1, 0.15) is 23.0 Å². The SMILES string of the molecule is COc1ccc(C#Cc2cc3c(C#Cc4ccc(OC)cc4)cc2CCc2cc(OS(=O)(=O)C(F)(F)F)c(cc2C#Cc2ccc(OC)cc2)CC3)cc1. The first-order valence-corrected chi connectivity index (χ1v) is 18.2. The van der Waals surface area contributed by atoms with Gasteiger partial charge in [0, 0.05) is 33.4 Å². The van der Waals surface area contributed by atoms with Crippen molar-refractivity contribution < 1.29 is 40.0 Å². The van der Waals surface area contributed by atoms with Crippen LogP contribution in [0.2, 0.25) is 0 Å². The number of hydrogen-bond acceptors (Lipinski definition) is 6. The van der Waals surface area contributed by atoms with Crippen molar-refractivity contribution >= 4 is 10.1 Å². The number of alkyl halides is 3. The molecule has 9 rings (SSSR count). The molecule has 4 aliphatic carbocycles. The summed E-state index contributed by atoms with van der Waals surface area (Å²) in [6.45, 7) is 0. The summed E-state index contributed by atoms with van der Waals surface area (Å²) < 4.78 is 85.8. The largest absolute Gasteiger partial charge is 0.534 e. The van der Waals surface area contributed by atoms with Crippen molar-refractivity contribution in [3.63, 3.8) is 0 Å². The van der Waals surface area contributed by atoms with E-state index in [1.807, 2.05) is 60.7 Å². The Hall–Kier alpha value is -6.28. The predicted molar refractivity (Wildman–Crippen MR) is 200 cm³/mol. The van der Waals surface area contributed by atoms with Crippen LogP contribution in [0.5, 0.6) is 23.0 Å². The highest BCUT2D eigenvalue weighted by molar-refractivity contribution is 7.88. The molecule has 0 unspecified atom stereocenters. The van der Waals surface area contributed by atoms with Crippen LogP contribution in [0.4, 0.5) is 13.2 Å². The minimum Gasteiger partial charge on any atom is -0.497 e. The van der Waals surface area contributed by atoms with Crippen molar-refractivity contribution in [2.75, 3.05) is 21.3 Å². The number of hydrogen-bond donors (Lipinski definition) is 0. The lowest BCUT2D eigenvalue weighted by molar-refractivity contribution is -0.0500. The number of ether oxygens (including phenoxy) is 3. The quantitative estimate of drug-likeness (QED) is 0.103. The fourth-order valence-electron chi connectivity index (χ4n) is 5.74. The lowest BCUT2D eigenvalue weighted by Gasteiger charge is -2.19. The zero-order valence-electron chi connectivity index (χ0n) is 29.6. The standard InChI is InChI=1S/C44H33F3O6S/c1-50-40-20-7-30(8-21-40)4-13-33-27-37-18-19-39-28-35(15-6-32-11-24-42(52-3)25-12-32)38(29-43(39)53-54(48,49)44(45,46)47)17-16-36(33)26-34(37)14-5-31-9-22-41(51-2)23-10-31/h7-12,20-29H,16-19H2,1-3H3. The zero-order valence-corrected chi connectivity index (χ0v) is 30.4. The van der Waals surface area contributed by atoms with Gasteiger partial charge in [-0.2, -0.15) is 21.6 Å². The third kappa shape index (κ3) is 9.01. The summed E-state index contributed by atoms with van der Waals surface area (Å²) in [6.07, 6.45) is 1.04. The lowest BCUT2D eigenvalue weighted by atomic mass is 9.88. The second-order valence-electron chi connectivity index (χ2n) is 12.2. The molecule has 10 heteroatoms. The number of rotatable bonds is 5. The highest BCUT2D eigenvalue weighted by Gasteiger charge is 2.48. The van der Waals surface area contributed by atoms with Gasteiger partial charge >= 0.3 is 15.6 Å². The van der Waals surface area contributed by atoms with Crippen LogP contribution in [0, 0.1) is 35.5 Å².